The van der Waals surface area contributed by atoms with Crippen LogP contribution in [0.3, 0.4) is 0 Å². The topological polar surface area (TPSA) is 98.0 Å². The Morgan fingerprint density at radius 3 is 2.56 bits per heavy atom. The molecule has 2 N–H and O–H groups in total. The predicted octanol–water partition coefficient (Wildman–Crippen LogP) is 4.56. The second-order valence-corrected chi connectivity index (χ2v) is 7.26. The van der Waals surface area contributed by atoms with Gasteiger partial charge in [-0.05, 0) is 48.7 Å². The fourth-order valence-corrected chi connectivity index (χ4v) is 3.48. The Kier molecular flexibility index (Phi) is 6.21. The van der Waals surface area contributed by atoms with E-state index in [1.807, 2.05) is 59.1 Å². The van der Waals surface area contributed by atoms with Crippen LogP contribution < -0.4 is 14.8 Å². The van der Waals surface area contributed by atoms with Crippen molar-refractivity contribution in [3.8, 4) is 22.8 Å². The lowest BCUT2D eigenvalue weighted by atomic mass is 10.1. The Bertz CT molecular complexity index is 1230. The molecule has 4 rings (SSSR count). The number of methoxy groups -OCH3 is 2. The van der Waals surface area contributed by atoms with Crippen LogP contribution in [0.2, 0.25) is 0 Å². The Morgan fingerprint density at radius 1 is 1.06 bits per heavy atom. The fourth-order valence-electron chi connectivity index (χ4n) is 3.48. The molecule has 32 heavy (non-hydrogen) atoms. The van der Waals surface area contributed by atoms with Gasteiger partial charge in [0.2, 0.25) is 5.95 Å². The summed E-state index contributed by atoms with van der Waals surface area (Å²) < 4.78 is 12.6. The lowest BCUT2D eigenvalue weighted by Crippen LogP contribution is -2.03. The number of fused-ring (bicyclic) bond motifs is 1. The molecule has 0 bridgehead atoms. The highest BCUT2D eigenvalue weighted by Crippen LogP contribution is 2.32. The molecular weight excluding hydrogens is 408 g/mol. The first kappa shape index (κ1) is 21.2. The van der Waals surface area contributed by atoms with Crippen LogP contribution in [-0.4, -0.2) is 39.7 Å². The molecule has 8 nitrogen and oxygen atoms in total. The monoisotopic (exact) mass is 432 g/mol. The van der Waals surface area contributed by atoms with Gasteiger partial charge in [-0.2, -0.15) is 0 Å². The molecule has 0 spiro atoms. The van der Waals surface area contributed by atoms with E-state index < -0.39 is 5.97 Å². The lowest BCUT2D eigenvalue weighted by Gasteiger charge is -2.13. The van der Waals surface area contributed by atoms with E-state index in [1.165, 1.54) is 0 Å². The number of benzene rings is 2. The number of aromatic nitrogens is 3. The third-order valence-corrected chi connectivity index (χ3v) is 5.14. The highest BCUT2D eigenvalue weighted by molar-refractivity contribution is 5.70. The number of nitrogens with one attached hydrogen (secondary N) is 1. The zero-order valence-electron chi connectivity index (χ0n) is 17.9. The number of hydrogen-bond donors (Lipinski definition) is 2. The van der Waals surface area contributed by atoms with Crippen molar-refractivity contribution in [1.82, 2.24) is 14.4 Å². The van der Waals surface area contributed by atoms with Crippen LogP contribution in [-0.2, 0) is 11.2 Å². The maximum absolute atomic E-state index is 10.7. The van der Waals surface area contributed by atoms with Crippen LogP contribution in [0.5, 0.6) is 11.5 Å². The quantitative estimate of drug-likeness (QED) is 0.400. The molecule has 0 aliphatic heterocycles. The molecule has 0 aliphatic carbocycles. The Morgan fingerprint density at radius 2 is 1.84 bits per heavy atom. The predicted molar refractivity (Wildman–Crippen MR) is 122 cm³/mol. The summed E-state index contributed by atoms with van der Waals surface area (Å²) in [4.78, 5) is 19.9. The molecule has 0 atom stereocenters. The molecule has 0 fully saturated rings. The van der Waals surface area contributed by atoms with Crippen LogP contribution in [0, 0.1) is 0 Å². The number of aliphatic carboxylic acids is 1. The van der Waals surface area contributed by atoms with Crippen LogP contribution in [0.15, 0.2) is 60.9 Å². The van der Waals surface area contributed by atoms with E-state index in [0.717, 1.165) is 34.6 Å². The van der Waals surface area contributed by atoms with Crippen LogP contribution in [0.4, 0.5) is 11.6 Å². The van der Waals surface area contributed by atoms with Gasteiger partial charge in [0.1, 0.15) is 5.65 Å². The molecule has 0 saturated carbocycles. The SMILES string of the molecule is COc1ccc(-c2cc3nccn3c(Nc3ccc(CCCC(=O)O)cc3)n2)cc1OC. The minimum atomic E-state index is -0.770. The average molecular weight is 432 g/mol. The van der Waals surface area contributed by atoms with E-state index in [9.17, 15) is 4.79 Å². The van der Waals surface area contributed by atoms with Crippen molar-refractivity contribution < 1.29 is 19.4 Å². The number of rotatable bonds is 9. The summed E-state index contributed by atoms with van der Waals surface area (Å²) in [6.45, 7) is 0. The first-order valence-electron chi connectivity index (χ1n) is 10.2. The smallest absolute Gasteiger partial charge is 0.303 e. The molecule has 2 heterocycles. The maximum Gasteiger partial charge on any atom is 0.303 e. The first-order valence-corrected chi connectivity index (χ1v) is 10.2. The third kappa shape index (κ3) is 4.64. The van der Waals surface area contributed by atoms with Gasteiger partial charge < -0.3 is 19.9 Å². The largest absolute Gasteiger partial charge is 0.493 e. The summed E-state index contributed by atoms with van der Waals surface area (Å²) in [5, 5.41) is 12.1. The Balaban J connectivity index is 1.61. The van der Waals surface area contributed by atoms with E-state index >= 15 is 0 Å². The summed E-state index contributed by atoms with van der Waals surface area (Å²) in [6, 6.07) is 15.5. The van der Waals surface area contributed by atoms with E-state index in [4.69, 9.17) is 19.6 Å². The maximum atomic E-state index is 10.7. The number of hydrogen-bond acceptors (Lipinski definition) is 6. The highest BCUT2D eigenvalue weighted by Gasteiger charge is 2.12. The second kappa shape index (κ2) is 9.38. The zero-order valence-corrected chi connectivity index (χ0v) is 17.9. The van der Waals surface area contributed by atoms with Gasteiger partial charge in [0.15, 0.2) is 11.5 Å². The number of imidazole rings is 1. The fraction of sp³-hybridized carbons (Fsp3) is 0.208. The van der Waals surface area contributed by atoms with Crippen molar-refractivity contribution in [1.29, 1.82) is 0 Å². The minimum absolute atomic E-state index is 0.172. The minimum Gasteiger partial charge on any atom is -0.493 e. The van der Waals surface area contributed by atoms with Crippen LogP contribution in [0.1, 0.15) is 18.4 Å². The van der Waals surface area contributed by atoms with Gasteiger partial charge in [0, 0.05) is 36.1 Å². The van der Waals surface area contributed by atoms with Crippen molar-refractivity contribution in [2.45, 2.75) is 19.3 Å². The van der Waals surface area contributed by atoms with Gasteiger partial charge >= 0.3 is 5.97 Å². The van der Waals surface area contributed by atoms with Crippen molar-refractivity contribution in [2.24, 2.45) is 0 Å². The number of carboxylic acids is 1. The average Bonchev–Trinajstić information content (AvgIpc) is 3.28. The highest BCUT2D eigenvalue weighted by atomic mass is 16.5. The summed E-state index contributed by atoms with van der Waals surface area (Å²) in [6.07, 6.45) is 5.10. The Labute approximate surface area is 185 Å². The van der Waals surface area contributed by atoms with E-state index in [1.54, 1.807) is 20.4 Å². The first-order chi connectivity index (χ1) is 15.6. The van der Waals surface area contributed by atoms with Crippen molar-refractivity contribution in [3.63, 3.8) is 0 Å². The second-order valence-electron chi connectivity index (χ2n) is 7.26. The number of aryl methyl sites for hydroxylation is 1. The van der Waals surface area contributed by atoms with Crippen molar-refractivity contribution >= 4 is 23.3 Å². The molecule has 4 aromatic rings. The zero-order chi connectivity index (χ0) is 22.5. The number of carbonyl (C=O) groups is 1. The molecule has 164 valence electrons. The van der Waals surface area contributed by atoms with E-state index in [0.29, 0.717) is 23.9 Å². The summed E-state index contributed by atoms with van der Waals surface area (Å²) >= 11 is 0. The molecule has 0 amide bonds. The lowest BCUT2D eigenvalue weighted by molar-refractivity contribution is -0.137. The van der Waals surface area contributed by atoms with Crippen molar-refractivity contribution in [3.05, 3.63) is 66.5 Å². The number of nitrogens with zero attached hydrogens (tertiary/aromatic N) is 3. The number of ether oxygens (including phenoxy) is 2. The summed E-state index contributed by atoms with van der Waals surface area (Å²) in [5.41, 5.74) is 4.36. The Hall–Kier alpha value is -4.07. The van der Waals surface area contributed by atoms with Crippen molar-refractivity contribution in [2.75, 3.05) is 19.5 Å². The van der Waals surface area contributed by atoms with Gasteiger partial charge in [-0.25, -0.2) is 9.97 Å². The van der Waals surface area contributed by atoms with Crippen LogP contribution in [0.25, 0.3) is 16.9 Å². The van der Waals surface area contributed by atoms with Gasteiger partial charge in [-0.3, -0.25) is 9.20 Å². The number of anilines is 2. The number of carboxylic acid groups (broad SMARTS) is 1. The molecule has 0 aliphatic rings. The van der Waals surface area contributed by atoms with Gasteiger partial charge in [0.25, 0.3) is 0 Å². The van der Waals surface area contributed by atoms with Gasteiger partial charge in [-0.1, -0.05) is 12.1 Å². The molecule has 0 radical (unpaired) electrons. The van der Waals surface area contributed by atoms with E-state index in [-0.39, 0.29) is 6.42 Å². The van der Waals surface area contributed by atoms with Crippen LogP contribution >= 0.6 is 0 Å². The molecule has 2 aromatic carbocycles. The van der Waals surface area contributed by atoms with E-state index in [2.05, 4.69) is 10.3 Å². The molecule has 8 heteroatoms. The standard InChI is InChI=1S/C24H24N4O4/c1-31-20-11-8-17(14-21(20)32-2)19-15-22-25-12-13-28(22)24(27-19)26-18-9-6-16(7-10-18)4-3-5-23(29)30/h6-15H,3-5H2,1-2H3,(H,26,27)(H,29,30). The molecular formula is C24H24N4O4. The molecule has 0 unspecified atom stereocenters. The van der Waals surface area contributed by atoms with Gasteiger partial charge in [0.05, 0.1) is 19.9 Å². The molecule has 2 aromatic heterocycles. The summed E-state index contributed by atoms with van der Waals surface area (Å²) in [7, 11) is 3.21. The van der Waals surface area contributed by atoms with Gasteiger partial charge in [-0.15, -0.1) is 0 Å². The third-order valence-electron chi connectivity index (χ3n) is 5.14. The normalized spacial score (nSPS) is 10.8. The summed E-state index contributed by atoms with van der Waals surface area (Å²) in [5.74, 6) is 1.14. The molecule has 0 saturated heterocycles.